The summed E-state index contributed by atoms with van der Waals surface area (Å²) in [6.07, 6.45) is 5.83. The number of aromatic nitrogens is 3. The first kappa shape index (κ1) is 22.4. The first-order chi connectivity index (χ1) is 15.6. The summed E-state index contributed by atoms with van der Waals surface area (Å²) in [7, 11) is 0. The van der Waals surface area contributed by atoms with Crippen LogP contribution in [0, 0.1) is 13.8 Å². The lowest BCUT2D eigenvalue weighted by Gasteiger charge is -2.22. The van der Waals surface area contributed by atoms with Gasteiger partial charge in [0.15, 0.2) is 11.0 Å². The Kier molecular flexibility index (Phi) is 7.47. The van der Waals surface area contributed by atoms with Gasteiger partial charge < -0.3 is 10.1 Å². The summed E-state index contributed by atoms with van der Waals surface area (Å²) < 4.78 is 8.12. The molecule has 1 amide bonds. The van der Waals surface area contributed by atoms with E-state index >= 15 is 0 Å². The molecule has 0 spiro atoms. The molecule has 3 aromatic rings. The average molecular weight is 451 g/mol. The number of rotatable bonds is 8. The maximum absolute atomic E-state index is 12.5. The monoisotopic (exact) mass is 450 g/mol. The van der Waals surface area contributed by atoms with Crippen LogP contribution < -0.4 is 10.1 Å². The molecule has 1 aliphatic carbocycles. The zero-order chi connectivity index (χ0) is 22.3. The molecule has 0 bridgehead atoms. The number of amides is 1. The Labute approximate surface area is 193 Å². The van der Waals surface area contributed by atoms with Gasteiger partial charge in [0.25, 0.3) is 0 Å². The molecule has 1 heterocycles. The lowest BCUT2D eigenvalue weighted by molar-refractivity contribution is -0.119. The number of aryl methyl sites for hydroxylation is 2. The van der Waals surface area contributed by atoms with Gasteiger partial charge in [0.2, 0.25) is 5.91 Å². The number of thioether (sulfide) groups is 1. The van der Waals surface area contributed by atoms with Gasteiger partial charge >= 0.3 is 0 Å². The molecule has 2 aromatic carbocycles. The van der Waals surface area contributed by atoms with Crippen LogP contribution in [0.3, 0.4) is 0 Å². The van der Waals surface area contributed by atoms with E-state index in [0.29, 0.717) is 29.4 Å². The third kappa shape index (κ3) is 5.51. The largest absolute Gasteiger partial charge is 0.485 e. The smallest absolute Gasteiger partial charge is 0.230 e. The van der Waals surface area contributed by atoms with Crippen LogP contribution in [0.5, 0.6) is 5.75 Å². The summed E-state index contributed by atoms with van der Waals surface area (Å²) in [6.45, 7) is 4.37. The van der Waals surface area contributed by atoms with Gasteiger partial charge in [0.05, 0.1) is 5.75 Å². The number of nitrogens with zero attached hydrogens (tertiary/aromatic N) is 3. The van der Waals surface area contributed by atoms with Gasteiger partial charge in [-0.15, -0.1) is 10.2 Å². The molecule has 0 radical (unpaired) electrons. The molecule has 168 valence electrons. The molecule has 6 nitrogen and oxygen atoms in total. The van der Waals surface area contributed by atoms with Crippen molar-refractivity contribution < 1.29 is 9.53 Å². The van der Waals surface area contributed by atoms with E-state index in [1.807, 2.05) is 66.9 Å². The molecule has 1 saturated carbocycles. The Morgan fingerprint density at radius 3 is 2.47 bits per heavy atom. The number of carbonyl (C=O) groups is 1. The van der Waals surface area contributed by atoms with Crippen molar-refractivity contribution >= 4 is 17.7 Å². The van der Waals surface area contributed by atoms with Crippen LogP contribution >= 0.6 is 11.8 Å². The van der Waals surface area contributed by atoms with Crippen LogP contribution in [-0.2, 0) is 11.4 Å². The van der Waals surface area contributed by atoms with Crippen LogP contribution in [0.4, 0.5) is 0 Å². The van der Waals surface area contributed by atoms with E-state index in [1.165, 1.54) is 31.0 Å². The van der Waals surface area contributed by atoms with Crippen molar-refractivity contribution in [3.05, 3.63) is 65.5 Å². The van der Waals surface area contributed by atoms with Crippen LogP contribution in [0.1, 0.15) is 49.1 Å². The Hall–Kier alpha value is -2.80. The summed E-state index contributed by atoms with van der Waals surface area (Å²) in [6, 6.07) is 16.4. The van der Waals surface area contributed by atoms with Gasteiger partial charge in [0.1, 0.15) is 12.4 Å². The zero-order valence-electron chi connectivity index (χ0n) is 18.7. The molecule has 4 rings (SSSR count). The Balaban J connectivity index is 1.48. The molecule has 0 saturated heterocycles. The van der Waals surface area contributed by atoms with E-state index in [1.54, 1.807) is 0 Å². The van der Waals surface area contributed by atoms with E-state index in [9.17, 15) is 4.79 Å². The van der Waals surface area contributed by atoms with Gasteiger partial charge in [-0.3, -0.25) is 9.36 Å². The van der Waals surface area contributed by atoms with E-state index in [4.69, 9.17) is 4.74 Å². The summed E-state index contributed by atoms with van der Waals surface area (Å²) in [5, 5.41) is 12.6. The second kappa shape index (κ2) is 10.7. The molecular formula is C25H30N4O2S. The van der Waals surface area contributed by atoms with E-state index in [0.717, 1.165) is 35.4 Å². The summed E-state index contributed by atoms with van der Waals surface area (Å²) in [4.78, 5) is 12.5. The second-order valence-electron chi connectivity index (χ2n) is 8.27. The topological polar surface area (TPSA) is 69.0 Å². The predicted octanol–water partition coefficient (Wildman–Crippen LogP) is 5.00. The van der Waals surface area contributed by atoms with Crippen molar-refractivity contribution in [2.24, 2.45) is 0 Å². The Bertz CT molecular complexity index is 1030. The predicted molar refractivity (Wildman–Crippen MR) is 127 cm³/mol. The molecule has 0 unspecified atom stereocenters. The molecule has 7 heteroatoms. The number of nitrogens with one attached hydrogen (secondary N) is 1. The van der Waals surface area contributed by atoms with Crippen LogP contribution in [0.15, 0.2) is 53.7 Å². The lowest BCUT2D eigenvalue weighted by atomic mass is 9.95. The zero-order valence-corrected chi connectivity index (χ0v) is 19.5. The highest BCUT2D eigenvalue weighted by molar-refractivity contribution is 7.99. The molecule has 1 N–H and O–H groups in total. The van der Waals surface area contributed by atoms with Gasteiger partial charge in [-0.05, 0) is 49.9 Å². The molecular weight excluding hydrogens is 420 g/mol. The fraction of sp³-hybridized carbons (Fsp3) is 0.400. The van der Waals surface area contributed by atoms with Crippen molar-refractivity contribution in [1.82, 2.24) is 20.1 Å². The maximum Gasteiger partial charge on any atom is 0.230 e. The quantitative estimate of drug-likeness (QED) is 0.489. The van der Waals surface area contributed by atoms with Gasteiger partial charge in [0, 0.05) is 11.7 Å². The number of hydrogen-bond acceptors (Lipinski definition) is 5. The summed E-state index contributed by atoms with van der Waals surface area (Å²) in [5.41, 5.74) is 3.13. The molecule has 1 aliphatic rings. The number of hydrogen-bond donors (Lipinski definition) is 1. The third-order valence-electron chi connectivity index (χ3n) is 5.77. The fourth-order valence-corrected chi connectivity index (χ4v) is 4.92. The number of benzene rings is 2. The van der Waals surface area contributed by atoms with Gasteiger partial charge in [-0.2, -0.15) is 0 Å². The molecule has 0 aliphatic heterocycles. The maximum atomic E-state index is 12.5. The highest BCUT2D eigenvalue weighted by Crippen LogP contribution is 2.26. The average Bonchev–Trinajstić information content (AvgIpc) is 3.21. The molecule has 1 fully saturated rings. The SMILES string of the molecule is Cc1cccc(C)c1OCc1nnc(SCC(=O)NC2CCCCC2)n1-c1ccccc1. The van der Waals surface area contributed by atoms with Crippen molar-refractivity contribution in [1.29, 1.82) is 0 Å². The lowest BCUT2D eigenvalue weighted by Crippen LogP contribution is -2.37. The Morgan fingerprint density at radius 2 is 1.75 bits per heavy atom. The first-order valence-corrected chi connectivity index (χ1v) is 12.2. The van der Waals surface area contributed by atoms with Gasteiger partial charge in [-0.1, -0.05) is 67.4 Å². The van der Waals surface area contributed by atoms with Crippen molar-refractivity contribution in [3.63, 3.8) is 0 Å². The first-order valence-electron chi connectivity index (χ1n) is 11.2. The van der Waals surface area contributed by atoms with Crippen molar-refractivity contribution in [2.75, 3.05) is 5.75 Å². The normalized spacial score (nSPS) is 14.3. The molecule has 0 atom stereocenters. The van der Waals surface area contributed by atoms with Crippen LogP contribution in [-0.4, -0.2) is 32.5 Å². The number of para-hydroxylation sites is 2. The van der Waals surface area contributed by atoms with E-state index in [2.05, 4.69) is 15.5 Å². The number of ether oxygens (including phenoxy) is 1. The minimum Gasteiger partial charge on any atom is -0.485 e. The standard InChI is InChI=1S/C25H30N4O2S/c1-18-10-9-11-19(2)24(18)31-16-22-27-28-25(29(22)21-14-7-4-8-15-21)32-17-23(30)26-20-12-5-3-6-13-20/h4,7-11,14-15,20H,3,5-6,12-13,16-17H2,1-2H3,(H,26,30). The van der Waals surface area contributed by atoms with Crippen LogP contribution in [0.25, 0.3) is 5.69 Å². The van der Waals surface area contributed by atoms with Gasteiger partial charge in [-0.25, -0.2) is 0 Å². The summed E-state index contributed by atoms with van der Waals surface area (Å²) >= 11 is 1.41. The highest BCUT2D eigenvalue weighted by Gasteiger charge is 2.19. The third-order valence-corrected chi connectivity index (χ3v) is 6.70. The van der Waals surface area contributed by atoms with E-state index in [-0.39, 0.29) is 5.91 Å². The van der Waals surface area contributed by atoms with E-state index < -0.39 is 0 Å². The van der Waals surface area contributed by atoms with Crippen molar-refractivity contribution in [2.45, 2.75) is 63.8 Å². The highest BCUT2D eigenvalue weighted by atomic mass is 32.2. The van der Waals surface area contributed by atoms with Crippen molar-refractivity contribution in [3.8, 4) is 11.4 Å². The second-order valence-corrected chi connectivity index (χ2v) is 9.21. The Morgan fingerprint density at radius 1 is 1.03 bits per heavy atom. The summed E-state index contributed by atoms with van der Waals surface area (Å²) in [5.74, 6) is 1.95. The van der Waals surface area contributed by atoms with Crippen LogP contribution in [0.2, 0.25) is 0 Å². The molecule has 32 heavy (non-hydrogen) atoms. The minimum absolute atomic E-state index is 0.0536. The molecule has 1 aromatic heterocycles. The number of carbonyl (C=O) groups excluding carboxylic acids is 1. The minimum atomic E-state index is 0.0536. The fourth-order valence-electron chi connectivity index (χ4n) is 4.13.